The first kappa shape index (κ1) is 26.3. The highest BCUT2D eigenvalue weighted by atomic mass is 32.1. The highest BCUT2D eigenvalue weighted by Crippen LogP contribution is 2.28. The van der Waals surface area contributed by atoms with E-state index in [1.54, 1.807) is 38.1 Å². The van der Waals surface area contributed by atoms with Gasteiger partial charge in [-0.2, -0.15) is 9.97 Å². The number of aromatic nitrogens is 3. The van der Waals surface area contributed by atoms with E-state index >= 15 is 0 Å². The van der Waals surface area contributed by atoms with Crippen LogP contribution in [0, 0.1) is 12.8 Å². The van der Waals surface area contributed by atoms with Gasteiger partial charge >= 0.3 is 11.9 Å². The van der Waals surface area contributed by atoms with Gasteiger partial charge in [-0.15, -0.1) is 0 Å². The van der Waals surface area contributed by atoms with Crippen LogP contribution in [0.3, 0.4) is 0 Å². The third kappa shape index (κ3) is 6.71. The molecule has 3 heterocycles. The normalized spacial score (nSPS) is 13.9. The van der Waals surface area contributed by atoms with Crippen LogP contribution in [0.25, 0.3) is 0 Å². The SMILES string of the molecule is CCOC(=O)c1sc(Nc2nc(NCc3ccc(C(=O)O)cc3)cc(N3CCC(CO)CC3)n2)nc1C. The van der Waals surface area contributed by atoms with E-state index in [-0.39, 0.29) is 18.8 Å². The number of esters is 1. The molecule has 0 atom stereocenters. The molecule has 1 aliphatic rings. The molecule has 0 unspecified atom stereocenters. The van der Waals surface area contributed by atoms with Crippen LogP contribution in [0.2, 0.25) is 0 Å². The van der Waals surface area contributed by atoms with Gasteiger partial charge < -0.3 is 25.2 Å². The molecule has 12 heteroatoms. The number of carboxylic acid groups (broad SMARTS) is 1. The number of rotatable bonds is 10. The molecule has 3 aromatic rings. The smallest absolute Gasteiger partial charge is 0.350 e. The zero-order valence-electron chi connectivity index (χ0n) is 20.7. The van der Waals surface area contributed by atoms with Gasteiger partial charge in [0.1, 0.15) is 16.5 Å². The van der Waals surface area contributed by atoms with E-state index in [0.29, 0.717) is 39.9 Å². The third-order valence-corrected chi connectivity index (χ3v) is 7.11. The van der Waals surface area contributed by atoms with E-state index in [2.05, 4.69) is 25.5 Å². The molecule has 1 fully saturated rings. The number of anilines is 4. The lowest BCUT2D eigenvalue weighted by Crippen LogP contribution is -2.35. The number of carbonyl (C=O) groups is 2. The van der Waals surface area contributed by atoms with Crippen molar-refractivity contribution in [2.24, 2.45) is 5.92 Å². The first-order chi connectivity index (χ1) is 17.9. The van der Waals surface area contributed by atoms with Crippen LogP contribution in [0.4, 0.5) is 22.7 Å². The van der Waals surface area contributed by atoms with Crippen molar-refractivity contribution in [3.63, 3.8) is 0 Å². The highest BCUT2D eigenvalue weighted by Gasteiger charge is 2.22. The molecule has 0 saturated carbocycles. The molecule has 2 aromatic heterocycles. The number of aryl methyl sites for hydroxylation is 1. The Morgan fingerprint density at radius 2 is 1.89 bits per heavy atom. The number of piperidine rings is 1. The van der Waals surface area contributed by atoms with Crippen molar-refractivity contribution in [1.29, 1.82) is 0 Å². The molecule has 4 N–H and O–H groups in total. The quantitative estimate of drug-likeness (QED) is 0.287. The zero-order chi connectivity index (χ0) is 26.4. The fraction of sp³-hybridized carbons (Fsp3) is 0.400. The first-order valence-electron chi connectivity index (χ1n) is 12.1. The summed E-state index contributed by atoms with van der Waals surface area (Å²) >= 11 is 1.18. The summed E-state index contributed by atoms with van der Waals surface area (Å²) < 4.78 is 5.11. The molecule has 0 radical (unpaired) electrons. The molecule has 0 amide bonds. The van der Waals surface area contributed by atoms with Crippen molar-refractivity contribution in [3.05, 3.63) is 52.0 Å². The molecule has 4 rings (SSSR count). The van der Waals surface area contributed by atoms with Crippen molar-refractivity contribution in [1.82, 2.24) is 15.0 Å². The van der Waals surface area contributed by atoms with Crippen LogP contribution >= 0.6 is 11.3 Å². The Kier molecular flexibility index (Phi) is 8.51. The summed E-state index contributed by atoms with van der Waals surface area (Å²) in [5, 5.41) is 25.5. The molecular formula is C25H30N6O5S. The molecule has 0 spiro atoms. The maximum Gasteiger partial charge on any atom is 0.350 e. The van der Waals surface area contributed by atoms with E-state index < -0.39 is 11.9 Å². The molecule has 1 aliphatic heterocycles. The average Bonchev–Trinajstić information content (AvgIpc) is 3.27. The highest BCUT2D eigenvalue weighted by molar-refractivity contribution is 7.17. The molecule has 0 bridgehead atoms. The summed E-state index contributed by atoms with van der Waals surface area (Å²) in [6.45, 7) is 5.94. The van der Waals surface area contributed by atoms with E-state index in [4.69, 9.17) is 14.8 Å². The standard InChI is InChI=1S/C25H30N6O5S/c1-3-36-23(35)21-15(2)27-25(37-21)30-24-28-19(26-13-16-4-6-18(7-5-16)22(33)34)12-20(29-24)31-10-8-17(14-32)9-11-31/h4-7,12,17,32H,3,8-11,13-14H2,1-2H3,(H,33,34)(H2,26,27,28,29,30). The lowest BCUT2D eigenvalue weighted by molar-refractivity contribution is 0.0530. The van der Waals surface area contributed by atoms with Crippen LogP contribution < -0.4 is 15.5 Å². The van der Waals surface area contributed by atoms with Gasteiger partial charge in [-0.05, 0) is 50.3 Å². The minimum atomic E-state index is -0.968. The number of nitrogens with one attached hydrogen (secondary N) is 2. The monoisotopic (exact) mass is 526 g/mol. The Labute approximate surface area is 218 Å². The number of aliphatic hydroxyl groups is 1. The number of carboxylic acids is 1. The Bertz CT molecular complexity index is 1240. The predicted molar refractivity (Wildman–Crippen MR) is 141 cm³/mol. The molecule has 0 aliphatic carbocycles. The number of nitrogens with zero attached hydrogens (tertiary/aromatic N) is 4. The molecule has 1 saturated heterocycles. The lowest BCUT2D eigenvalue weighted by atomic mass is 9.98. The van der Waals surface area contributed by atoms with Crippen molar-refractivity contribution < 1.29 is 24.5 Å². The molecule has 37 heavy (non-hydrogen) atoms. The Morgan fingerprint density at radius 1 is 1.16 bits per heavy atom. The van der Waals surface area contributed by atoms with Crippen LogP contribution in [0.1, 0.15) is 51.1 Å². The summed E-state index contributed by atoms with van der Waals surface area (Å²) in [6, 6.07) is 8.51. The number of aliphatic hydroxyl groups excluding tert-OH is 1. The van der Waals surface area contributed by atoms with Gasteiger partial charge in [0.25, 0.3) is 0 Å². The van der Waals surface area contributed by atoms with Crippen molar-refractivity contribution in [2.45, 2.75) is 33.2 Å². The second kappa shape index (κ2) is 12.0. The Hall–Kier alpha value is -3.77. The largest absolute Gasteiger partial charge is 0.478 e. The number of aromatic carboxylic acids is 1. The lowest BCUT2D eigenvalue weighted by Gasteiger charge is -2.32. The van der Waals surface area contributed by atoms with Crippen LogP contribution in [0.15, 0.2) is 30.3 Å². The van der Waals surface area contributed by atoms with Gasteiger partial charge in [0.15, 0.2) is 5.13 Å². The molecular weight excluding hydrogens is 496 g/mol. The number of carbonyl (C=O) groups excluding carboxylic acids is 1. The van der Waals surface area contributed by atoms with E-state index in [9.17, 15) is 14.7 Å². The second-order valence-electron chi connectivity index (χ2n) is 8.68. The summed E-state index contributed by atoms with van der Waals surface area (Å²) in [6.07, 6.45) is 1.74. The van der Waals surface area contributed by atoms with Gasteiger partial charge in [0.2, 0.25) is 5.95 Å². The summed E-state index contributed by atoms with van der Waals surface area (Å²) in [4.78, 5) is 39.6. The summed E-state index contributed by atoms with van der Waals surface area (Å²) in [5.41, 5.74) is 1.70. The van der Waals surface area contributed by atoms with Gasteiger partial charge in [-0.25, -0.2) is 14.6 Å². The maximum absolute atomic E-state index is 12.2. The van der Waals surface area contributed by atoms with Crippen molar-refractivity contribution in [3.8, 4) is 0 Å². The van der Waals surface area contributed by atoms with Gasteiger partial charge in [-0.3, -0.25) is 5.32 Å². The average molecular weight is 527 g/mol. The predicted octanol–water partition coefficient (Wildman–Crippen LogP) is 3.68. The Morgan fingerprint density at radius 3 is 2.54 bits per heavy atom. The molecule has 196 valence electrons. The van der Waals surface area contributed by atoms with E-state index in [1.807, 2.05) is 6.07 Å². The van der Waals surface area contributed by atoms with Crippen LogP contribution in [-0.2, 0) is 11.3 Å². The van der Waals surface area contributed by atoms with Crippen molar-refractivity contribution >= 4 is 46.0 Å². The van der Waals surface area contributed by atoms with E-state index in [1.165, 1.54) is 11.3 Å². The van der Waals surface area contributed by atoms with Crippen LogP contribution in [0.5, 0.6) is 0 Å². The van der Waals surface area contributed by atoms with Gasteiger partial charge in [0.05, 0.1) is 17.9 Å². The maximum atomic E-state index is 12.2. The number of hydrogen-bond donors (Lipinski definition) is 4. The topological polar surface area (TPSA) is 150 Å². The number of ether oxygens (including phenoxy) is 1. The molecule has 11 nitrogen and oxygen atoms in total. The Balaban J connectivity index is 1.55. The number of thiazole rings is 1. The van der Waals surface area contributed by atoms with E-state index in [0.717, 1.165) is 37.3 Å². The summed E-state index contributed by atoms with van der Waals surface area (Å²) in [5.74, 6) is 0.554. The fourth-order valence-electron chi connectivity index (χ4n) is 3.98. The summed E-state index contributed by atoms with van der Waals surface area (Å²) in [7, 11) is 0. The minimum Gasteiger partial charge on any atom is -0.478 e. The first-order valence-corrected chi connectivity index (χ1v) is 12.9. The zero-order valence-corrected chi connectivity index (χ0v) is 21.5. The fourth-order valence-corrected chi connectivity index (χ4v) is 4.83. The third-order valence-electron chi connectivity index (χ3n) is 6.06. The van der Waals surface area contributed by atoms with Gasteiger partial charge in [0, 0.05) is 32.3 Å². The number of benzene rings is 1. The minimum absolute atomic E-state index is 0.185. The molecule has 1 aromatic carbocycles. The van der Waals surface area contributed by atoms with Crippen molar-refractivity contribution in [2.75, 3.05) is 41.8 Å². The second-order valence-corrected chi connectivity index (χ2v) is 9.68. The van der Waals surface area contributed by atoms with Gasteiger partial charge in [-0.1, -0.05) is 23.5 Å². The van der Waals surface area contributed by atoms with Crippen LogP contribution in [-0.4, -0.2) is 63.4 Å². The number of hydrogen-bond acceptors (Lipinski definition) is 11.